The van der Waals surface area contributed by atoms with Crippen LogP contribution in [0.15, 0.2) is 24.3 Å². The third kappa shape index (κ3) is 3.30. The van der Waals surface area contributed by atoms with Gasteiger partial charge in [0.1, 0.15) is 5.75 Å². The Morgan fingerprint density at radius 3 is 2.57 bits per heavy atom. The molecular weight excluding hydrogens is 190 g/mol. The summed E-state index contributed by atoms with van der Waals surface area (Å²) in [7, 11) is 0. The molecule has 0 bridgehead atoms. The molecule has 2 nitrogen and oxygen atoms in total. The van der Waals surface area contributed by atoms with Gasteiger partial charge in [0.2, 0.25) is 0 Å². The first-order valence-electron chi connectivity index (χ1n) is 4.22. The number of rotatable bonds is 4. The van der Waals surface area contributed by atoms with Crippen LogP contribution in [-0.2, 0) is 6.61 Å². The molecule has 0 aliphatic heterocycles. The van der Waals surface area contributed by atoms with Crippen molar-refractivity contribution in [1.29, 1.82) is 0 Å². The molecule has 0 saturated heterocycles. The predicted octanol–water partition coefficient (Wildman–Crippen LogP) is 2.21. The second-order valence-electron chi connectivity index (χ2n) is 3.12. The Labute approximate surface area is 81.1 Å². The van der Waals surface area contributed by atoms with E-state index in [2.05, 4.69) is 0 Å². The van der Waals surface area contributed by atoms with Crippen LogP contribution in [0.5, 0.6) is 5.75 Å². The minimum Gasteiger partial charge on any atom is -0.487 e. The molecule has 0 aliphatic carbocycles. The summed E-state index contributed by atoms with van der Waals surface area (Å²) in [6.07, 6.45) is 0. The van der Waals surface area contributed by atoms with Crippen LogP contribution in [0.25, 0.3) is 0 Å². The summed E-state index contributed by atoms with van der Waals surface area (Å²) in [5.74, 6) is -2.56. The van der Waals surface area contributed by atoms with E-state index in [0.29, 0.717) is 11.3 Å². The van der Waals surface area contributed by atoms with Crippen molar-refractivity contribution in [1.82, 2.24) is 0 Å². The number of hydrogen-bond acceptors (Lipinski definition) is 2. The van der Waals surface area contributed by atoms with E-state index in [1.165, 1.54) is 0 Å². The molecule has 1 N–H and O–H groups in total. The Bertz CT molecular complexity index is 294. The highest BCUT2D eigenvalue weighted by molar-refractivity contribution is 5.32. The van der Waals surface area contributed by atoms with Crippen LogP contribution in [0.3, 0.4) is 0 Å². The summed E-state index contributed by atoms with van der Waals surface area (Å²) >= 11 is 0. The Hall–Kier alpha value is -1.16. The van der Waals surface area contributed by atoms with Gasteiger partial charge in [0.05, 0.1) is 6.61 Å². The fourth-order valence-electron chi connectivity index (χ4n) is 0.980. The third-order valence-electron chi connectivity index (χ3n) is 1.62. The number of hydrogen-bond donors (Lipinski definition) is 1. The van der Waals surface area contributed by atoms with Gasteiger partial charge in [-0.3, -0.25) is 0 Å². The van der Waals surface area contributed by atoms with Gasteiger partial charge in [-0.25, -0.2) is 8.78 Å². The zero-order valence-corrected chi connectivity index (χ0v) is 7.84. The average molecular weight is 202 g/mol. The second kappa shape index (κ2) is 4.37. The highest BCUT2D eigenvalue weighted by Gasteiger charge is 2.22. The lowest BCUT2D eigenvalue weighted by Gasteiger charge is -2.13. The highest BCUT2D eigenvalue weighted by Crippen LogP contribution is 2.20. The molecule has 0 heterocycles. The van der Waals surface area contributed by atoms with Crippen LogP contribution in [0.1, 0.15) is 12.5 Å². The van der Waals surface area contributed by atoms with Gasteiger partial charge in [0, 0.05) is 12.5 Å². The monoisotopic (exact) mass is 202 g/mol. The van der Waals surface area contributed by atoms with E-state index in [0.717, 1.165) is 6.92 Å². The van der Waals surface area contributed by atoms with Crippen molar-refractivity contribution >= 4 is 0 Å². The summed E-state index contributed by atoms with van der Waals surface area (Å²) in [6, 6.07) is 6.56. The van der Waals surface area contributed by atoms with Crippen molar-refractivity contribution in [3.05, 3.63) is 29.8 Å². The fourth-order valence-corrected chi connectivity index (χ4v) is 0.980. The largest absolute Gasteiger partial charge is 0.487 e. The highest BCUT2D eigenvalue weighted by atomic mass is 19.3. The van der Waals surface area contributed by atoms with E-state index >= 15 is 0 Å². The van der Waals surface area contributed by atoms with Crippen molar-refractivity contribution < 1.29 is 18.6 Å². The molecule has 14 heavy (non-hydrogen) atoms. The lowest BCUT2D eigenvalue weighted by atomic mass is 10.2. The zero-order chi connectivity index (χ0) is 10.6. The fraction of sp³-hybridized carbons (Fsp3) is 0.400. The number of aliphatic hydroxyl groups excluding tert-OH is 1. The smallest absolute Gasteiger partial charge is 0.278 e. The molecule has 0 aromatic heterocycles. The van der Waals surface area contributed by atoms with Gasteiger partial charge in [-0.15, -0.1) is 0 Å². The minimum absolute atomic E-state index is 0.217. The Morgan fingerprint density at radius 1 is 1.36 bits per heavy atom. The standard InChI is InChI=1S/C10H12F2O2/c1-10(11,12)7-14-9-5-3-2-4-8(9)6-13/h2-5,13H,6-7H2,1H3. The van der Waals surface area contributed by atoms with Crippen molar-refractivity contribution in [2.45, 2.75) is 19.5 Å². The lowest BCUT2D eigenvalue weighted by molar-refractivity contribution is -0.0234. The Kier molecular flexibility index (Phi) is 3.41. The number of ether oxygens (including phenoxy) is 1. The predicted molar refractivity (Wildman–Crippen MR) is 48.5 cm³/mol. The summed E-state index contributed by atoms with van der Waals surface area (Å²) in [5.41, 5.74) is 0.511. The zero-order valence-electron chi connectivity index (χ0n) is 7.84. The molecule has 0 aliphatic rings. The first-order valence-corrected chi connectivity index (χ1v) is 4.22. The molecule has 0 atom stereocenters. The Morgan fingerprint density at radius 2 is 2.00 bits per heavy atom. The first kappa shape index (κ1) is 10.9. The molecule has 0 spiro atoms. The van der Waals surface area contributed by atoms with E-state index in [9.17, 15) is 8.78 Å². The van der Waals surface area contributed by atoms with Gasteiger partial charge in [0.15, 0.2) is 6.61 Å². The van der Waals surface area contributed by atoms with Crippen LogP contribution < -0.4 is 4.74 Å². The maximum atomic E-state index is 12.5. The van der Waals surface area contributed by atoms with Crippen LogP contribution in [0.4, 0.5) is 8.78 Å². The Balaban J connectivity index is 2.67. The SMILES string of the molecule is CC(F)(F)COc1ccccc1CO. The number of halogens is 2. The minimum atomic E-state index is -2.86. The first-order chi connectivity index (χ1) is 6.53. The number of benzene rings is 1. The van der Waals surface area contributed by atoms with Crippen molar-refractivity contribution in [2.75, 3.05) is 6.61 Å². The van der Waals surface area contributed by atoms with E-state index in [-0.39, 0.29) is 6.61 Å². The molecule has 4 heteroatoms. The van der Waals surface area contributed by atoms with E-state index in [1.807, 2.05) is 0 Å². The number of alkyl halides is 2. The maximum Gasteiger partial charge on any atom is 0.278 e. The van der Waals surface area contributed by atoms with Crippen molar-refractivity contribution in [2.24, 2.45) is 0 Å². The van der Waals surface area contributed by atoms with Gasteiger partial charge < -0.3 is 9.84 Å². The van der Waals surface area contributed by atoms with Gasteiger partial charge in [-0.05, 0) is 6.07 Å². The van der Waals surface area contributed by atoms with E-state index < -0.39 is 12.5 Å². The van der Waals surface area contributed by atoms with Crippen LogP contribution >= 0.6 is 0 Å². The molecule has 1 aromatic carbocycles. The summed E-state index contributed by atoms with van der Waals surface area (Å²) in [5, 5.41) is 8.88. The van der Waals surface area contributed by atoms with Crippen LogP contribution in [0.2, 0.25) is 0 Å². The number of para-hydroxylation sites is 1. The summed E-state index contributed by atoms with van der Waals surface area (Å²) in [6.45, 7) is -0.107. The van der Waals surface area contributed by atoms with Crippen LogP contribution in [0, 0.1) is 0 Å². The molecular formula is C10H12F2O2. The molecule has 78 valence electrons. The molecule has 0 amide bonds. The lowest BCUT2D eigenvalue weighted by Crippen LogP contribution is -2.21. The van der Waals surface area contributed by atoms with Gasteiger partial charge in [-0.2, -0.15) is 0 Å². The quantitative estimate of drug-likeness (QED) is 0.811. The molecule has 0 saturated carbocycles. The molecule has 0 unspecified atom stereocenters. The normalized spacial score (nSPS) is 11.4. The summed E-state index contributed by atoms with van der Waals surface area (Å²) in [4.78, 5) is 0. The van der Waals surface area contributed by atoms with Crippen LogP contribution in [-0.4, -0.2) is 17.6 Å². The van der Waals surface area contributed by atoms with Crippen molar-refractivity contribution in [3.63, 3.8) is 0 Å². The second-order valence-corrected chi connectivity index (χ2v) is 3.12. The molecule has 0 radical (unpaired) electrons. The van der Waals surface area contributed by atoms with Gasteiger partial charge in [-0.1, -0.05) is 18.2 Å². The van der Waals surface area contributed by atoms with Gasteiger partial charge in [0.25, 0.3) is 5.92 Å². The maximum absolute atomic E-state index is 12.5. The van der Waals surface area contributed by atoms with Crippen molar-refractivity contribution in [3.8, 4) is 5.75 Å². The molecule has 0 fully saturated rings. The van der Waals surface area contributed by atoms with E-state index in [4.69, 9.17) is 9.84 Å². The molecule has 1 aromatic rings. The summed E-state index contributed by atoms with van der Waals surface area (Å²) < 4.78 is 29.8. The average Bonchev–Trinajstić information content (AvgIpc) is 2.14. The molecule has 1 rings (SSSR count). The van der Waals surface area contributed by atoms with E-state index in [1.54, 1.807) is 24.3 Å². The van der Waals surface area contributed by atoms with Gasteiger partial charge >= 0.3 is 0 Å². The topological polar surface area (TPSA) is 29.5 Å². The third-order valence-corrected chi connectivity index (χ3v) is 1.62. The number of aliphatic hydroxyl groups is 1.